The minimum Gasteiger partial charge on any atom is -0.384 e. The fourth-order valence-electron chi connectivity index (χ4n) is 3.23. The number of hydrogen-bond acceptors (Lipinski definition) is 5. The van der Waals surface area contributed by atoms with Crippen LogP contribution >= 0.6 is 0 Å². The van der Waals surface area contributed by atoms with Gasteiger partial charge in [-0.1, -0.05) is 24.3 Å². The third-order valence-electron chi connectivity index (χ3n) is 4.64. The Kier molecular flexibility index (Phi) is 5.71. The highest BCUT2D eigenvalue weighted by atomic mass is 16.2. The molecule has 2 amide bonds. The molecule has 3 rings (SSSR count). The van der Waals surface area contributed by atoms with Crippen molar-refractivity contribution in [3.63, 3.8) is 0 Å². The number of para-hydroxylation sites is 2. The summed E-state index contributed by atoms with van der Waals surface area (Å²) < 4.78 is 0. The summed E-state index contributed by atoms with van der Waals surface area (Å²) in [7, 11) is 0. The Balaban J connectivity index is 1.76. The van der Waals surface area contributed by atoms with Crippen LogP contribution in [0, 0.1) is 5.92 Å². The van der Waals surface area contributed by atoms with Crippen LogP contribution in [0.3, 0.4) is 0 Å². The second kappa shape index (κ2) is 8.35. The minimum absolute atomic E-state index is 0.0755. The number of amides is 2. The summed E-state index contributed by atoms with van der Waals surface area (Å²) in [5, 5.41) is 9.52. The monoisotopic (exact) mass is 366 g/mol. The first kappa shape index (κ1) is 18.4. The standard InChI is InChI=1S/C20H22N4O3/c21-18(26)14-7-1-3-9-16(14)22-12-13(6-5-11-25)19-23-17-10-4-2-8-15(17)20(27)24-19/h1-4,7-11,13,19,22-23H,5-6,12H2,(H2,21,26)(H,24,27). The van der Waals surface area contributed by atoms with Gasteiger partial charge in [-0.3, -0.25) is 9.59 Å². The maximum Gasteiger partial charge on any atom is 0.254 e. The number of nitrogens with one attached hydrogen (secondary N) is 3. The van der Waals surface area contributed by atoms with Crippen LogP contribution in [0.5, 0.6) is 0 Å². The Bertz CT molecular complexity index is 853. The van der Waals surface area contributed by atoms with E-state index in [-0.39, 0.29) is 18.0 Å². The third kappa shape index (κ3) is 4.25. The number of fused-ring (bicyclic) bond motifs is 1. The molecule has 0 saturated carbocycles. The largest absolute Gasteiger partial charge is 0.384 e. The third-order valence-corrected chi connectivity index (χ3v) is 4.64. The van der Waals surface area contributed by atoms with Gasteiger partial charge >= 0.3 is 0 Å². The molecule has 0 bridgehead atoms. The lowest BCUT2D eigenvalue weighted by atomic mass is 9.96. The van der Waals surface area contributed by atoms with Crippen LogP contribution in [0.2, 0.25) is 0 Å². The van der Waals surface area contributed by atoms with Gasteiger partial charge in [0, 0.05) is 30.3 Å². The second-order valence-corrected chi connectivity index (χ2v) is 6.44. The van der Waals surface area contributed by atoms with Gasteiger partial charge in [-0.25, -0.2) is 0 Å². The van der Waals surface area contributed by atoms with Gasteiger partial charge in [0.1, 0.15) is 12.5 Å². The topological polar surface area (TPSA) is 113 Å². The lowest BCUT2D eigenvalue weighted by Gasteiger charge is -2.34. The Morgan fingerprint density at radius 3 is 2.67 bits per heavy atom. The maximum atomic E-state index is 12.4. The highest BCUT2D eigenvalue weighted by molar-refractivity contribution is 6.01. The van der Waals surface area contributed by atoms with Crippen LogP contribution in [0.4, 0.5) is 11.4 Å². The van der Waals surface area contributed by atoms with Crippen molar-refractivity contribution in [2.24, 2.45) is 11.7 Å². The van der Waals surface area contributed by atoms with Crippen molar-refractivity contribution in [3.05, 3.63) is 59.7 Å². The maximum absolute atomic E-state index is 12.4. The molecule has 2 aromatic rings. The molecule has 1 aliphatic rings. The van der Waals surface area contributed by atoms with Crippen molar-refractivity contribution < 1.29 is 14.4 Å². The molecule has 0 radical (unpaired) electrons. The van der Waals surface area contributed by atoms with E-state index in [1.165, 1.54) is 0 Å². The van der Waals surface area contributed by atoms with Crippen molar-refractivity contribution >= 4 is 29.5 Å². The van der Waals surface area contributed by atoms with Crippen molar-refractivity contribution in [1.82, 2.24) is 5.32 Å². The van der Waals surface area contributed by atoms with E-state index in [1.807, 2.05) is 24.3 Å². The van der Waals surface area contributed by atoms with Crippen LogP contribution in [0.25, 0.3) is 0 Å². The van der Waals surface area contributed by atoms with Crippen molar-refractivity contribution in [3.8, 4) is 0 Å². The van der Waals surface area contributed by atoms with Gasteiger partial charge in [-0.2, -0.15) is 0 Å². The summed E-state index contributed by atoms with van der Waals surface area (Å²) in [4.78, 5) is 34.9. The van der Waals surface area contributed by atoms with E-state index in [4.69, 9.17) is 5.73 Å². The number of rotatable bonds is 8. The first-order valence-electron chi connectivity index (χ1n) is 8.83. The molecule has 7 nitrogen and oxygen atoms in total. The number of nitrogens with two attached hydrogens (primary N) is 1. The van der Waals surface area contributed by atoms with Gasteiger partial charge in [0.25, 0.3) is 11.8 Å². The molecule has 140 valence electrons. The van der Waals surface area contributed by atoms with Crippen LogP contribution < -0.4 is 21.7 Å². The van der Waals surface area contributed by atoms with Gasteiger partial charge in [-0.15, -0.1) is 0 Å². The summed E-state index contributed by atoms with van der Waals surface area (Å²) in [6.45, 7) is 0.457. The normalized spacial score (nSPS) is 16.4. The smallest absolute Gasteiger partial charge is 0.254 e. The molecule has 0 aromatic heterocycles. The van der Waals surface area contributed by atoms with E-state index in [9.17, 15) is 14.4 Å². The van der Waals surface area contributed by atoms with Crippen molar-refractivity contribution in [2.45, 2.75) is 19.0 Å². The molecule has 27 heavy (non-hydrogen) atoms. The summed E-state index contributed by atoms with van der Waals surface area (Å²) in [5.74, 6) is -0.739. The number of carbonyl (C=O) groups is 3. The predicted molar refractivity (Wildman–Crippen MR) is 104 cm³/mol. The van der Waals surface area contributed by atoms with Crippen LogP contribution in [0.15, 0.2) is 48.5 Å². The summed E-state index contributed by atoms with van der Waals surface area (Å²) in [6, 6.07) is 14.3. The number of primary amides is 1. The SMILES string of the molecule is NC(=O)c1ccccc1NCC(CCC=O)C1NC(=O)c2ccccc2N1. The fraction of sp³-hybridized carbons (Fsp3) is 0.250. The van der Waals surface area contributed by atoms with E-state index in [0.717, 1.165) is 12.0 Å². The Labute approximate surface area is 157 Å². The molecule has 1 heterocycles. The van der Waals surface area contributed by atoms with Crippen molar-refractivity contribution in [2.75, 3.05) is 17.2 Å². The Morgan fingerprint density at radius 2 is 1.89 bits per heavy atom. The zero-order valence-electron chi connectivity index (χ0n) is 14.8. The van der Waals surface area contributed by atoms with E-state index >= 15 is 0 Å². The zero-order valence-corrected chi connectivity index (χ0v) is 14.8. The van der Waals surface area contributed by atoms with E-state index < -0.39 is 5.91 Å². The number of benzene rings is 2. The predicted octanol–water partition coefficient (Wildman–Crippen LogP) is 1.97. The highest BCUT2D eigenvalue weighted by Crippen LogP contribution is 2.24. The fourth-order valence-corrected chi connectivity index (χ4v) is 3.23. The minimum atomic E-state index is -0.513. The number of anilines is 2. The van der Waals surface area contributed by atoms with Gasteiger partial charge in [-0.05, 0) is 30.7 Å². The molecule has 0 saturated heterocycles. The first-order chi connectivity index (χ1) is 13.1. The number of carbonyl (C=O) groups excluding carboxylic acids is 3. The molecule has 7 heteroatoms. The molecule has 2 unspecified atom stereocenters. The van der Waals surface area contributed by atoms with Crippen LogP contribution in [-0.4, -0.2) is 30.8 Å². The molecule has 2 aromatic carbocycles. The van der Waals surface area contributed by atoms with Crippen LogP contribution in [0.1, 0.15) is 33.6 Å². The highest BCUT2D eigenvalue weighted by Gasteiger charge is 2.29. The molecule has 2 atom stereocenters. The van der Waals surface area contributed by atoms with Crippen LogP contribution in [-0.2, 0) is 4.79 Å². The second-order valence-electron chi connectivity index (χ2n) is 6.44. The summed E-state index contributed by atoms with van der Waals surface area (Å²) in [5.41, 5.74) is 7.81. The molecule has 0 spiro atoms. The summed E-state index contributed by atoms with van der Waals surface area (Å²) in [6.07, 6.45) is 1.48. The van der Waals surface area contributed by atoms with Gasteiger partial charge in [0.2, 0.25) is 0 Å². The van der Waals surface area contributed by atoms with E-state index in [1.54, 1.807) is 24.3 Å². The first-order valence-corrected chi connectivity index (χ1v) is 8.83. The lowest BCUT2D eigenvalue weighted by molar-refractivity contribution is -0.108. The average Bonchev–Trinajstić information content (AvgIpc) is 2.68. The lowest BCUT2D eigenvalue weighted by Crippen LogP contribution is -2.51. The molecule has 0 fully saturated rings. The number of aldehydes is 1. The molecular weight excluding hydrogens is 344 g/mol. The molecule has 5 N–H and O–H groups in total. The van der Waals surface area contributed by atoms with E-state index in [2.05, 4.69) is 16.0 Å². The van der Waals surface area contributed by atoms with E-state index in [0.29, 0.717) is 36.2 Å². The van der Waals surface area contributed by atoms with Gasteiger partial charge < -0.3 is 26.5 Å². The Hall–Kier alpha value is -3.35. The molecule has 1 aliphatic heterocycles. The van der Waals surface area contributed by atoms with Gasteiger partial charge in [0.05, 0.1) is 11.1 Å². The summed E-state index contributed by atoms with van der Waals surface area (Å²) >= 11 is 0. The molecule has 0 aliphatic carbocycles. The average molecular weight is 366 g/mol. The zero-order chi connectivity index (χ0) is 19.2. The quantitative estimate of drug-likeness (QED) is 0.534. The molecular formula is C20H22N4O3. The van der Waals surface area contributed by atoms with Gasteiger partial charge in [0.15, 0.2) is 0 Å². The number of hydrogen-bond donors (Lipinski definition) is 4. The van der Waals surface area contributed by atoms with Crippen molar-refractivity contribution in [1.29, 1.82) is 0 Å². The Morgan fingerprint density at radius 1 is 1.15 bits per heavy atom.